The van der Waals surface area contributed by atoms with Crippen LogP contribution in [-0.4, -0.2) is 55.6 Å². The van der Waals surface area contributed by atoms with Gasteiger partial charge in [0.05, 0.1) is 0 Å². The topological polar surface area (TPSA) is 35.6 Å². The van der Waals surface area contributed by atoms with Crippen LogP contribution in [0.5, 0.6) is 0 Å². The summed E-state index contributed by atoms with van der Waals surface area (Å²) < 4.78 is 0. The molecule has 0 spiro atoms. The highest BCUT2D eigenvalue weighted by Gasteiger charge is 2.21. The summed E-state index contributed by atoms with van der Waals surface area (Å²) in [6, 6.07) is 0.144. The molecule has 2 heterocycles. The van der Waals surface area contributed by atoms with Crippen LogP contribution in [0.4, 0.5) is 4.79 Å². The molecule has 0 bridgehead atoms. The van der Waals surface area contributed by atoms with Gasteiger partial charge < -0.3 is 15.1 Å². The second kappa shape index (κ2) is 5.53. The number of nitrogens with zero attached hydrogens (tertiary/aromatic N) is 2. The van der Waals surface area contributed by atoms with Gasteiger partial charge in [-0.05, 0) is 45.2 Å². The molecule has 2 aliphatic rings. The van der Waals surface area contributed by atoms with Gasteiger partial charge in [-0.25, -0.2) is 4.79 Å². The Morgan fingerprint density at radius 2 is 2.00 bits per heavy atom. The van der Waals surface area contributed by atoms with Crippen molar-refractivity contribution in [3.05, 3.63) is 0 Å². The number of rotatable bonds is 2. The summed E-state index contributed by atoms with van der Waals surface area (Å²) >= 11 is 0. The molecule has 1 atom stereocenters. The minimum atomic E-state index is 0.144. The predicted octanol–water partition coefficient (Wildman–Crippen LogP) is 1.13. The van der Waals surface area contributed by atoms with E-state index in [1.54, 1.807) is 0 Å². The van der Waals surface area contributed by atoms with E-state index in [0.717, 1.165) is 26.2 Å². The molecule has 2 rings (SSSR count). The molecule has 0 saturated carbocycles. The SMILES string of the molecule is CN1CCCC(CNC(=O)N2CCCC2)C1. The molecule has 2 aliphatic heterocycles. The maximum atomic E-state index is 11.8. The van der Waals surface area contributed by atoms with Crippen LogP contribution >= 0.6 is 0 Å². The Hall–Kier alpha value is -0.770. The van der Waals surface area contributed by atoms with E-state index in [2.05, 4.69) is 17.3 Å². The number of urea groups is 1. The lowest BCUT2D eigenvalue weighted by Gasteiger charge is -2.30. The monoisotopic (exact) mass is 225 g/mol. The van der Waals surface area contributed by atoms with Crippen LogP contribution in [0.2, 0.25) is 0 Å². The molecule has 2 fully saturated rings. The zero-order chi connectivity index (χ0) is 11.4. The number of carbonyl (C=O) groups excluding carboxylic acids is 1. The van der Waals surface area contributed by atoms with Crippen molar-refractivity contribution in [2.45, 2.75) is 25.7 Å². The molecule has 2 saturated heterocycles. The van der Waals surface area contributed by atoms with Crippen LogP contribution in [0.3, 0.4) is 0 Å². The molecular formula is C12H23N3O. The van der Waals surface area contributed by atoms with Gasteiger partial charge >= 0.3 is 6.03 Å². The molecule has 4 nitrogen and oxygen atoms in total. The van der Waals surface area contributed by atoms with Crippen LogP contribution in [0.15, 0.2) is 0 Å². The number of nitrogens with one attached hydrogen (secondary N) is 1. The summed E-state index contributed by atoms with van der Waals surface area (Å²) in [4.78, 5) is 16.1. The first kappa shape index (κ1) is 11.7. The first-order valence-corrected chi connectivity index (χ1v) is 6.47. The van der Waals surface area contributed by atoms with E-state index in [-0.39, 0.29) is 6.03 Å². The van der Waals surface area contributed by atoms with Crippen molar-refractivity contribution in [3.63, 3.8) is 0 Å². The third-order valence-electron chi connectivity index (χ3n) is 3.66. The van der Waals surface area contributed by atoms with E-state index in [9.17, 15) is 4.79 Å². The van der Waals surface area contributed by atoms with E-state index in [1.165, 1.54) is 32.2 Å². The van der Waals surface area contributed by atoms with Crippen molar-refractivity contribution in [1.82, 2.24) is 15.1 Å². The largest absolute Gasteiger partial charge is 0.338 e. The van der Waals surface area contributed by atoms with Gasteiger partial charge in [0.15, 0.2) is 0 Å². The normalized spacial score (nSPS) is 27.1. The zero-order valence-corrected chi connectivity index (χ0v) is 10.2. The molecule has 92 valence electrons. The number of likely N-dealkylation sites (tertiary alicyclic amines) is 2. The highest BCUT2D eigenvalue weighted by molar-refractivity contribution is 5.74. The minimum Gasteiger partial charge on any atom is -0.338 e. The Morgan fingerprint density at radius 1 is 1.25 bits per heavy atom. The first-order chi connectivity index (χ1) is 7.75. The van der Waals surface area contributed by atoms with Gasteiger partial charge in [0.2, 0.25) is 0 Å². The Kier molecular flexibility index (Phi) is 4.04. The summed E-state index contributed by atoms with van der Waals surface area (Å²) in [6.07, 6.45) is 4.85. The lowest BCUT2D eigenvalue weighted by molar-refractivity contribution is 0.189. The third-order valence-corrected chi connectivity index (χ3v) is 3.66. The van der Waals surface area contributed by atoms with E-state index >= 15 is 0 Å². The van der Waals surface area contributed by atoms with E-state index < -0.39 is 0 Å². The van der Waals surface area contributed by atoms with Crippen molar-refractivity contribution in [1.29, 1.82) is 0 Å². The highest BCUT2D eigenvalue weighted by Crippen LogP contribution is 2.14. The Morgan fingerprint density at radius 3 is 2.69 bits per heavy atom. The number of amides is 2. The van der Waals surface area contributed by atoms with Crippen LogP contribution in [0.1, 0.15) is 25.7 Å². The van der Waals surface area contributed by atoms with Gasteiger partial charge in [0.1, 0.15) is 0 Å². The van der Waals surface area contributed by atoms with Crippen LogP contribution < -0.4 is 5.32 Å². The number of hydrogen-bond acceptors (Lipinski definition) is 2. The van der Waals surface area contributed by atoms with Crippen LogP contribution in [0.25, 0.3) is 0 Å². The fourth-order valence-electron chi connectivity index (χ4n) is 2.70. The van der Waals surface area contributed by atoms with Crippen molar-refractivity contribution in [2.24, 2.45) is 5.92 Å². The second-order valence-electron chi connectivity index (χ2n) is 5.15. The Labute approximate surface area is 98.0 Å². The Balaban J connectivity index is 1.67. The highest BCUT2D eigenvalue weighted by atomic mass is 16.2. The van der Waals surface area contributed by atoms with Gasteiger partial charge in [-0.15, -0.1) is 0 Å². The van der Waals surface area contributed by atoms with Gasteiger partial charge in [0.25, 0.3) is 0 Å². The minimum absolute atomic E-state index is 0.144. The predicted molar refractivity (Wildman–Crippen MR) is 64.4 cm³/mol. The van der Waals surface area contributed by atoms with Crippen LogP contribution in [0, 0.1) is 5.92 Å². The average Bonchev–Trinajstić information content (AvgIpc) is 2.79. The Bertz CT molecular complexity index is 238. The van der Waals surface area contributed by atoms with E-state index in [4.69, 9.17) is 0 Å². The summed E-state index contributed by atoms with van der Waals surface area (Å²) in [5, 5.41) is 3.08. The molecule has 1 N–H and O–H groups in total. The molecule has 0 aromatic heterocycles. The standard InChI is InChI=1S/C12H23N3O/c1-14-6-4-5-11(10-14)9-13-12(16)15-7-2-3-8-15/h11H,2-10H2,1H3,(H,13,16). The molecule has 0 aliphatic carbocycles. The summed E-state index contributed by atoms with van der Waals surface area (Å²) in [6.45, 7) is 5.06. The van der Waals surface area contributed by atoms with E-state index in [1.807, 2.05) is 4.90 Å². The molecular weight excluding hydrogens is 202 g/mol. The number of piperidine rings is 1. The van der Waals surface area contributed by atoms with Crippen molar-refractivity contribution in [3.8, 4) is 0 Å². The average molecular weight is 225 g/mol. The van der Waals surface area contributed by atoms with Crippen LogP contribution in [-0.2, 0) is 0 Å². The molecule has 1 unspecified atom stereocenters. The lowest BCUT2D eigenvalue weighted by atomic mass is 9.99. The summed E-state index contributed by atoms with van der Waals surface area (Å²) in [7, 11) is 2.16. The van der Waals surface area contributed by atoms with Crippen molar-refractivity contribution < 1.29 is 4.79 Å². The maximum absolute atomic E-state index is 11.8. The summed E-state index contributed by atoms with van der Waals surface area (Å²) in [5.41, 5.74) is 0. The first-order valence-electron chi connectivity index (χ1n) is 6.47. The van der Waals surface area contributed by atoms with Gasteiger partial charge in [-0.1, -0.05) is 0 Å². The van der Waals surface area contributed by atoms with E-state index in [0.29, 0.717) is 5.92 Å². The van der Waals surface area contributed by atoms with Gasteiger partial charge in [0, 0.05) is 26.2 Å². The van der Waals surface area contributed by atoms with Gasteiger partial charge in [-0.3, -0.25) is 0 Å². The maximum Gasteiger partial charge on any atom is 0.317 e. The smallest absolute Gasteiger partial charge is 0.317 e. The fourth-order valence-corrected chi connectivity index (χ4v) is 2.70. The zero-order valence-electron chi connectivity index (χ0n) is 10.2. The number of hydrogen-bond donors (Lipinski definition) is 1. The lowest BCUT2D eigenvalue weighted by Crippen LogP contribution is -2.43. The van der Waals surface area contributed by atoms with Crippen molar-refractivity contribution >= 4 is 6.03 Å². The third kappa shape index (κ3) is 3.11. The summed E-state index contributed by atoms with van der Waals surface area (Å²) in [5.74, 6) is 0.644. The molecule has 0 aromatic rings. The molecule has 4 heteroatoms. The number of carbonyl (C=O) groups is 1. The molecule has 16 heavy (non-hydrogen) atoms. The quantitative estimate of drug-likeness (QED) is 0.765. The van der Waals surface area contributed by atoms with Gasteiger partial charge in [-0.2, -0.15) is 0 Å². The molecule has 0 aromatic carbocycles. The fraction of sp³-hybridized carbons (Fsp3) is 0.917. The second-order valence-corrected chi connectivity index (χ2v) is 5.15. The molecule has 2 amide bonds. The van der Waals surface area contributed by atoms with Crippen molar-refractivity contribution in [2.75, 3.05) is 39.8 Å². The molecule has 0 radical (unpaired) electrons.